The van der Waals surface area contributed by atoms with Gasteiger partial charge in [0.1, 0.15) is 0 Å². The molecule has 0 bridgehead atoms. The number of hydrogen-bond donors (Lipinski definition) is 0. The van der Waals surface area contributed by atoms with Gasteiger partial charge in [-0.15, -0.1) is 0 Å². The quantitative estimate of drug-likeness (QED) is 0.651. The molecule has 0 unspecified atom stereocenters. The summed E-state index contributed by atoms with van der Waals surface area (Å²) in [5, 5.41) is 0. The molecule has 2 nitrogen and oxygen atoms in total. The molecule has 2 aromatic rings. The molecule has 0 atom stereocenters. The Labute approximate surface area is 151 Å². The SMILES string of the molecule is CCOC(=O)C[CH]C=C(c1ccc(C)cc1C)c1ccc(C)cc1C. The normalized spacial score (nSPS) is 10.4. The zero-order chi connectivity index (χ0) is 18.4. The van der Waals surface area contributed by atoms with Crippen molar-refractivity contribution in [3.8, 4) is 0 Å². The predicted molar refractivity (Wildman–Crippen MR) is 104 cm³/mol. The van der Waals surface area contributed by atoms with Crippen LogP contribution in [0.15, 0.2) is 42.5 Å². The summed E-state index contributed by atoms with van der Waals surface area (Å²) in [7, 11) is 0. The summed E-state index contributed by atoms with van der Waals surface area (Å²) in [6, 6.07) is 13.0. The van der Waals surface area contributed by atoms with Crippen LogP contribution in [0.2, 0.25) is 0 Å². The van der Waals surface area contributed by atoms with E-state index in [0.29, 0.717) is 6.61 Å². The van der Waals surface area contributed by atoms with Crippen LogP contribution in [-0.2, 0) is 9.53 Å². The van der Waals surface area contributed by atoms with Gasteiger partial charge in [0, 0.05) is 0 Å². The average Bonchev–Trinajstić information content (AvgIpc) is 2.53. The fraction of sp³-hybridized carbons (Fsp3) is 0.304. The number of allylic oxidation sites excluding steroid dienone is 1. The molecule has 0 N–H and O–H groups in total. The van der Waals surface area contributed by atoms with Crippen LogP contribution in [0.5, 0.6) is 0 Å². The van der Waals surface area contributed by atoms with Crippen molar-refractivity contribution < 1.29 is 9.53 Å². The van der Waals surface area contributed by atoms with Crippen LogP contribution in [0.25, 0.3) is 5.57 Å². The van der Waals surface area contributed by atoms with Crippen molar-refractivity contribution in [2.45, 2.75) is 41.0 Å². The maximum atomic E-state index is 11.6. The largest absolute Gasteiger partial charge is 0.466 e. The summed E-state index contributed by atoms with van der Waals surface area (Å²) in [6.07, 6.45) is 4.23. The highest BCUT2D eigenvalue weighted by atomic mass is 16.5. The van der Waals surface area contributed by atoms with Crippen LogP contribution in [-0.4, -0.2) is 12.6 Å². The predicted octanol–water partition coefficient (Wildman–Crippen LogP) is 5.51. The van der Waals surface area contributed by atoms with Gasteiger partial charge in [0.25, 0.3) is 0 Å². The smallest absolute Gasteiger partial charge is 0.306 e. The average molecular weight is 335 g/mol. The highest BCUT2D eigenvalue weighted by molar-refractivity contribution is 5.84. The molecule has 131 valence electrons. The second kappa shape index (κ2) is 8.66. The summed E-state index contributed by atoms with van der Waals surface area (Å²) in [6.45, 7) is 10.7. The lowest BCUT2D eigenvalue weighted by Gasteiger charge is -2.15. The molecule has 2 rings (SSSR count). The van der Waals surface area contributed by atoms with E-state index >= 15 is 0 Å². The number of ether oxygens (including phenoxy) is 1. The van der Waals surface area contributed by atoms with Gasteiger partial charge in [-0.05, 0) is 68.9 Å². The Balaban J connectivity index is 2.42. The molecular weight excluding hydrogens is 308 g/mol. The van der Waals surface area contributed by atoms with Gasteiger partial charge in [-0.1, -0.05) is 53.6 Å². The van der Waals surface area contributed by atoms with E-state index < -0.39 is 0 Å². The number of carbonyl (C=O) groups excluding carboxylic acids is 1. The number of carbonyl (C=O) groups is 1. The fourth-order valence-electron chi connectivity index (χ4n) is 3.05. The monoisotopic (exact) mass is 335 g/mol. The molecule has 2 aromatic carbocycles. The maximum Gasteiger partial charge on any atom is 0.306 e. The molecule has 0 aliphatic heterocycles. The molecule has 0 heterocycles. The van der Waals surface area contributed by atoms with E-state index in [2.05, 4.69) is 64.1 Å². The van der Waals surface area contributed by atoms with Gasteiger partial charge in [-0.3, -0.25) is 4.79 Å². The molecule has 0 amide bonds. The van der Waals surface area contributed by atoms with E-state index in [9.17, 15) is 4.79 Å². The fourth-order valence-corrected chi connectivity index (χ4v) is 3.05. The first-order chi connectivity index (χ1) is 11.9. The number of hydrogen-bond acceptors (Lipinski definition) is 2. The summed E-state index contributed by atoms with van der Waals surface area (Å²) in [5.41, 5.74) is 8.48. The second-order valence-electron chi connectivity index (χ2n) is 6.46. The minimum absolute atomic E-state index is 0.195. The van der Waals surface area contributed by atoms with Crippen molar-refractivity contribution in [3.05, 3.63) is 82.3 Å². The Bertz CT molecular complexity index is 731. The molecule has 0 saturated carbocycles. The van der Waals surface area contributed by atoms with Gasteiger partial charge in [0.15, 0.2) is 0 Å². The zero-order valence-electron chi connectivity index (χ0n) is 15.8. The van der Waals surface area contributed by atoms with Crippen LogP contribution < -0.4 is 0 Å². The van der Waals surface area contributed by atoms with Crippen molar-refractivity contribution in [3.63, 3.8) is 0 Å². The number of rotatable bonds is 6. The third-order valence-electron chi connectivity index (χ3n) is 4.22. The van der Waals surface area contributed by atoms with Crippen LogP contribution in [0.3, 0.4) is 0 Å². The molecule has 0 aliphatic carbocycles. The van der Waals surface area contributed by atoms with Crippen LogP contribution in [0.1, 0.15) is 46.7 Å². The zero-order valence-corrected chi connectivity index (χ0v) is 15.8. The van der Waals surface area contributed by atoms with Crippen LogP contribution in [0, 0.1) is 34.1 Å². The lowest BCUT2D eigenvalue weighted by molar-refractivity contribution is -0.142. The molecule has 0 spiro atoms. The first-order valence-corrected chi connectivity index (χ1v) is 8.76. The highest BCUT2D eigenvalue weighted by Crippen LogP contribution is 2.30. The van der Waals surface area contributed by atoms with E-state index in [1.807, 2.05) is 19.4 Å². The van der Waals surface area contributed by atoms with E-state index in [4.69, 9.17) is 4.74 Å². The van der Waals surface area contributed by atoms with Crippen molar-refractivity contribution in [1.82, 2.24) is 0 Å². The van der Waals surface area contributed by atoms with Gasteiger partial charge in [-0.2, -0.15) is 0 Å². The Kier molecular flexibility index (Phi) is 6.58. The van der Waals surface area contributed by atoms with Crippen LogP contribution in [0.4, 0.5) is 0 Å². The van der Waals surface area contributed by atoms with Crippen molar-refractivity contribution in [2.75, 3.05) is 6.61 Å². The molecule has 25 heavy (non-hydrogen) atoms. The maximum absolute atomic E-state index is 11.6. The Morgan fingerprint density at radius 2 is 1.44 bits per heavy atom. The van der Waals surface area contributed by atoms with Crippen molar-refractivity contribution in [1.29, 1.82) is 0 Å². The van der Waals surface area contributed by atoms with E-state index in [1.165, 1.54) is 33.4 Å². The lowest BCUT2D eigenvalue weighted by atomic mass is 9.89. The van der Waals surface area contributed by atoms with E-state index in [0.717, 1.165) is 5.57 Å². The van der Waals surface area contributed by atoms with Gasteiger partial charge < -0.3 is 4.74 Å². The molecule has 0 aromatic heterocycles. The summed E-state index contributed by atoms with van der Waals surface area (Å²) >= 11 is 0. The molecule has 0 fully saturated rings. The summed E-state index contributed by atoms with van der Waals surface area (Å²) < 4.78 is 5.01. The standard InChI is InChI=1S/C23H27O2/c1-6-25-23(24)9-7-8-22(20-12-10-16(2)14-18(20)4)21-13-11-17(3)15-19(21)5/h7-8,10-15H,6,9H2,1-5H3. The van der Waals surface area contributed by atoms with Gasteiger partial charge in [0.05, 0.1) is 13.0 Å². The summed E-state index contributed by atoms with van der Waals surface area (Å²) in [5.74, 6) is -0.195. The second-order valence-corrected chi connectivity index (χ2v) is 6.46. The first-order valence-electron chi connectivity index (χ1n) is 8.76. The molecule has 0 aliphatic rings. The minimum Gasteiger partial charge on any atom is -0.466 e. The highest BCUT2D eigenvalue weighted by Gasteiger charge is 2.11. The molecule has 0 saturated heterocycles. The Morgan fingerprint density at radius 3 is 1.88 bits per heavy atom. The number of aryl methyl sites for hydroxylation is 4. The van der Waals surface area contributed by atoms with Crippen LogP contribution >= 0.6 is 0 Å². The number of benzene rings is 2. The van der Waals surface area contributed by atoms with E-state index in [-0.39, 0.29) is 12.4 Å². The minimum atomic E-state index is -0.195. The van der Waals surface area contributed by atoms with E-state index in [1.54, 1.807) is 0 Å². The van der Waals surface area contributed by atoms with Crippen molar-refractivity contribution in [2.24, 2.45) is 0 Å². The topological polar surface area (TPSA) is 26.3 Å². The van der Waals surface area contributed by atoms with Gasteiger partial charge in [-0.25, -0.2) is 0 Å². The molecular formula is C23H27O2. The Morgan fingerprint density at radius 1 is 0.920 bits per heavy atom. The molecule has 1 radical (unpaired) electrons. The third-order valence-corrected chi connectivity index (χ3v) is 4.22. The van der Waals surface area contributed by atoms with Gasteiger partial charge >= 0.3 is 5.97 Å². The molecule has 2 heteroatoms. The van der Waals surface area contributed by atoms with Gasteiger partial charge in [0.2, 0.25) is 0 Å². The van der Waals surface area contributed by atoms with Crippen molar-refractivity contribution >= 4 is 11.5 Å². The third kappa shape index (κ3) is 5.06. The Hall–Kier alpha value is -2.35. The first kappa shape index (κ1) is 19.0. The lowest BCUT2D eigenvalue weighted by Crippen LogP contribution is -2.03. The number of esters is 1. The summed E-state index contributed by atoms with van der Waals surface area (Å²) in [4.78, 5) is 11.6.